The van der Waals surface area contributed by atoms with Gasteiger partial charge < -0.3 is 18.3 Å². The molecule has 48 heavy (non-hydrogen) atoms. The number of nitrogens with zero attached hydrogens (tertiary/aromatic N) is 6. The highest BCUT2D eigenvalue weighted by Gasteiger charge is 2.31. The van der Waals surface area contributed by atoms with Gasteiger partial charge in [-0.3, -0.25) is 40.0 Å². The molecule has 0 saturated heterocycles. The predicted octanol–water partition coefficient (Wildman–Crippen LogP) is 4.32. The third-order valence-electron chi connectivity index (χ3n) is 5.93. The molecule has 2 rings (SSSR count). The van der Waals surface area contributed by atoms with E-state index >= 15 is 0 Å². The van der Waals surface area contributed by atoms with Crippen LogP contribution >= 0.6 is 47.0 Å². The molecule has 0 N–H and O–H groups in total. The third-order valence-corrected chi connectivity index (χ3v) is 9.31. The number of thioether (sulfide) groups is 4. The standard InChI is InChI=1S/C28H40N6O10S4/c1-31(2)25(21-9-7-19(41-21)17-47-13-11-29-23(45-5)15-33(37)38)43-27(35)28(36)44-26(32(3)4)22-10-8-20(42-22)18-48-14-12-30-24(46-6)16-34(39)40/h7-10,25-26H,11-18H2,1-6H3. The minimum absolute atomic E-state index is 0.292. The van der Waals surface area contributed by atoms with Crippen LogP contribution in [-0.4, -0.2) is 120 Å². The second-order valence-electron chi connectivity index (χ2n) is 10.1. The van der Waals surface area contributed by atoms with Crippen molar-refractivity contribution in [3.05, 3.63) is 67.5 Å². The van der Waals surface area contributed by atoms with E-state index < -0.39 is 34.2 Å². The van der Waals surface area contributed by atoms with Crippen LogP contribution in [0.2, 0.25) is 0 Å². The maximum absolute atomic E-state index is 12.8. The molecule has 0 saturated carbocycles. The molecule has 0 aliphatic heterocycles. The van der Waals surface area contributed by atoms with Crippen LogP contribution in [0, 0.1) is 20.2 Å². The maximum Gasteiger partial charge on any atom is 0.419 e. The zero-order valence-electron chi connectivity index (χ0n) is 27.5. The average Bonchev–Trinajstić information content (AvgIpc) is 3.69. The Morgan fingerprint density at radius 1 is 0.750 bits per heavy atom. The Kier molecular flexibility index (Phi) is 18.7. The molecule has 0 amide bonds. The first kappa shape index (κ1) is 41.1. The van der Waals surface area contributed by atoms with Crippen molar-refractivity contribution in [2.75, 3.05) is 78.4 Å². The minimum Gasteiger partial charge on any atom is -0.460 e. The van der Waals surface area contributed by atoms with Crippen molar-refractivity contribution in [1.29, 1.82) is 0 Å². The molecule has 0 aliphatic rings. The molecular weight excluding hydrogens is 709 g/mol. The molecule has 2 aromatic rings. The van der Waals surface area contributed by atoms with E-state index in [1.165, 1.54) is 47.0 Å². The van der Waals surface area contributed by atoms with E-state index in [1.54, 1.807) is 74.8 Å². The van der Waals surface area contributed by atoms with Crippen molar-refractivity contribution < 1.29 is 37.7 Å². The summed E-state index contributed by atoms with van der Waals surface area (Å²) in [5.41, 5.74) is 0. The Bertz CT molecular complexity index is 1310. The quantitative estimate of drug-likeness (QED) is 0.0271. The summed E-state index contributed by atoms with van der Waals surface area (Å²) in [6, 6.07) is 6.81. The Hall–Kier alpha value is -3.04. The number of hydrogen-bond acceptors (Lipinski definition) is 18. The molecule has 2 unspecified atom stereocenters. The van der Waals surface area contributed by atoms with Gasteiger partial charge in [0.2, 0.25) is 12.5 Å². The fourth-order valence-electron chi connectivity index (χ4n) is 3.74. The Morgan fingerprint density at radius 3 is 1.44 bits per heavy atom. The van der Waals surface area contributed by atoms with Crippen LogP contribution in [0.1, 0.15) is 35.5 Å². The van der Waals surface area contributed by atoms with Crippen LogP contribution in [0.3, 0.4) is 0 Å². The summed E-state index contributed by atoms with van der Waals surface area (Å²) in [7, 11) is 6.66. The van der Waals surface area contributed by atoms with Gasteiger partial charge in [-0.15, -0.1) is 23.5 Å². The number of hydrogen-bond donors (Lipinski definition) is 0. The van der Waals surface area contributed by atoms with Gasteiger partial charge in [-0.2, -0.15) is 23.5 Å². The summed E-state index contributed by atoms with van der Waals surface area (Å²) in [6.45, 7) is 0.274. The molecule has 0 bridgehead atoms. The molecule has 0 radical (unpaired) electrons. The highest BCUT2D eigenvalue weighted by Crippen LogP contribution is 2.27. The second kappa shape index (κ2) is 21.8. The van der Waals surface area contributed by atoms with Gasteiger partial charge in [-0.05, 0) is 65.0 Å². The number of ether oxygens (including phenoxy) is 2. The molecule has 2 atom stereocenters. The maximum atomic E-state index is 12.8. The number of carbonyl (C=O) groups excluding carboxylic acids is 2. The lowest BCUT2D eigenvalue weighted by Crippen LogP contribution is -2.32. The summed E-state index contributed by atoms with van der Waals surface area (Å²) < 4.78 is 22.7. The fourth-order valence-corrected chi connectivity index (χ4v) is 6.09. The predicted molar refractivity (Wildman–Crippen MR) is 190 cm³/mol. The normalized spacial score (nSPS) is 13.5. The van der Waals surface area contributed by atoms with Crippen LogP contribution in [0.15, 0.2) is 43.1 Å². The monoisotopic (exact) mass is 748 g/mol. The van der Waals surface area contributed by atoms with Crippen molar-refractivity contribution in [3.8, 4) is 0 Å². The first-order valence-corrected chi connectivity index (χ1v) is 19.1. The van der Waals surface area contributed by atoms with E-state index in [4.69, 9.17) is 18.3 Å². The molecule has 266 valence electrons. The van der Waals surface area contributed by atoms with E-state index in [1.807, 2.05) is 0 Å². The SMILES string of the molecule is CSC(C[N+](=O)[O-])=NCCSCc1ccc(C(OC(=O)C(=O)OC(c2ccc(CSCCN=C(C[N+](=O)[O-])SC)o2)N(C)C)N(C)C)o1. The van der Waals surface area contributed by atoms with Crippen LogP contribution in [0.4, 0.5) is 0 Å². The van der Waals surface area contributed by atoms with E-state index in [0.29, 0.717) is 69.2 Å². The average molecular weight is 749 g/mol. The van der Waals surface area contributed by atoms with Gasteiger partial charge in [-0.25, -0.2) is 9.59 Å². The van der Waals surface area contributed by atoms with Gasteiger partial charge in [-0.1, -0.05) is 0 Å². The molecule has 2 heterocycles. The molecule has 16 nitrogen and oxygen atoms in total. The summed E-state index contributed by atoms with van der Waals surface area (Å²) >= 11 is 5.57. The van der Waals surface area contributed by atoms with Gasteiger partial charge in [0, 0.05) is 34.4 Å². The molecule has 0 fully saturated rings. The van der Waals surface area contributed by atoms with E-state index in [0.717, 1.165) is 0 Å². The van der Waals surface area contributed by atoms with Gasteiger partial charge >= 0.3 is 11.9 Å². The highest BCUT2D eigenvalue weighted by molar-refractivity contribution is 8.13. The van der Waals surface area contributed by atoms with Gasteiger partial charge in [0.05, 0.1) is 11.5 Å². The van der Waals surface area contributed by atoms with Crippen LogP contribution < -0.4 is 0 Å². The number of aliphatic imine (C=N–C) groups is 2. The largest absolute Gasteiger partial charge is 0.460 e. The van der Waals surface area contributed by atoms with E-state index in [-0.39, 0.29) is 13.1 Å². The molecule has 0 spiro atoms. The number of nitro groups is 2. The van der Waals surface area contributed by atoms with Gasteiger partial charge in [0.25, 0.3) is 13.1 Å². The fraction of sp³-hybridized carbons (Fsp3) is 0.571. The van der Waals surface area contributed by atoms with Crippen LogP contribution in [0.25, 0.3) is 0 Å². The van der Waals surface area contributed by atoms with Crippen molar-refractivity contribution in [2.24, 2.45) is 9.98 Å². The zero-order valence-corrected chi connectivity index (χ0v) is 30.8. The summed E-state index contributed by atoms with van der Waals surface area (Å²) in [5.74, 6) is 1.69. The molecule has 0 aliphatic carbocycles. The number of esters is 2. The number of furan rings is 2. The first-order valence-electron chi connectivity index (χ1n) is 14.3. The lowest BCUT2D eigenvalue weighted by molar-refractivity contribution is -0.462. The van der Waals surface area contributed by atoms with Gasteiger partial charge in [0.1, 0.15) is 21.6 Å². The smallest absolute Gasteiger partial charge is 0.419 e. The number of carbonyl (C=O) groups is 2. The summed E-state index contributed by atoms with van der Waals surface area (Å²) in [4.78, 5) is 57.8. The molecule has 0 aromatic carbocycles. The molecule has 2 aromatic heterocycles. The van der Waals surface area contributed by atoms with Gasteiger partial charge in [0.15, 0.2) is 11.5 Å². The van der Waals surface area contributed by atoms with Crippen molar-refractivity contribution in [2.45, 2.75) is 24.0 Å². The van der Waals surface area contributed by atoms with E-state index in [9.17, 15) is 29.8 Å². The number of rotatable bonds is 20. The minimum atomic E-state index is -1.21. The van der Waals surface area contributed by atoms with Crippen molar-refractivity contribution >= 4 is 69.1 Å². The van der Waals surface area contributed by atoms with Crippen LogP contribution in [-0.2, 0) is 30.6 Å². The second-order valence-corrected chi connectivity index (χ2v) is 14.1. The Morgan fingerprint density at radius 2 is 1.12 bits per heavy atom. The van der Waals surface area contributed by atoms with Crippen LogP contribution in [0.5, 0.6) is 0 Å². The Labute approximate surface area is 295 Å². The van der Waals surface area contributed by atoms with Crippen molar-refractivity contribution in [1.82, 2.24) is 9.80 Å². The van der Waals surface area contributed by atoms with E-state index in [2.05, 4.69) is 9.98 Å². The topological polar surface area (TPSA) is 196 Å². The Balaban J connectivity index is 1.91. The highest BCUT2D eigenvalue weighted by atomic mass is 32.2. The lowest BCUT2D eigenvalue weighted by Gasteiger charge is -2.24. The first-order chi connectivity index (χ1) is 22.8. The lowest BCUT2D eigenvalue weighted by atomic mass is 10.3. The summed E-state index contributed by atoms with van der Waals surface area (Å²) in [6.07, 6.45) is 1.50. The third kappa shape index (κ3) is 15.0. The zero-order chi connectivity index (χ0) is 35.6. The summed E-state index contributed by atoms with van der Waals surface area (Å²) in [5, 5.41) is 22.3. The van der Waals surface area contributed by atoms with Crippen molar-refractivity contribution in [3.63, 3.8) is 0 Å². The molecular formula is C28H40N6O10S4. The molecule has 20 heteroatoms.